The fourth-order valence-electron chi connectivity index (χ4n) is 2.06. The minimum Gasteiger partial charge on any atom is -0.0779 e. The maximum absolute atomic E-state index is 2.28. The number of hydrogen-bond acceptors (Lipinski definition) is 0. The molecule has 2 aliphatic rings. The molecule has 0 saturated carbocycles. The molecule has 2 rings (SSSR count). The van der Waals surface area contributed by atoms with Crippen molar-refractivity contribution in [2.75, 3.05) is 0 Å². The van der Waals surface area contributed by atoms with E-state index in [1.165, 1.54) is 11.1 Å². The maximum Gasteiger partial charge on any atom is -0.00555 e. The van der Waals surface area contributed by atoms with Crippen molar-refractivity contribution in [1.82, 2.24) is 0 Å². The van der Waals surface area contributed by atoms with Gasteiger partial charge in [-0.1, -0.05) is 68.9 Å². The van der Waals surface area contributed by atoms with Crippen LogP contribution < -0.4 is 0 Å². The SMILES string of the molecule is CC1C=CC=C(C2=CC=C(C(C)C)C2)C=C1. The van der Waals surface area contributed by atoms with Gasteiger partial charge >= 0.3 is 0 Å². The second-order valence-corrected chi connectivity index (χ2v) is 4.99. The molecule has 0 aromatic carbocycles. The van der Waals surface area contributed by atoms with Crippen molar-refractivity contribution in [3.63, 3.8) is 0 Å². The molecule has 1 unspecified atom stereocenters. The van der Waals surface area contributed by atoms with Gasteiger partial charge in [-0.05, 0) is 29.4 Å². The van der Waals surface area contributed by atoms with Crippen LogP contribution in [0, 0.1) is 11.8 Å². The zero-order chi connectivity index (χ0) is 11.5. The third kappa shape index (κ3) is 2.44. The Balaban J connectivity index is 2.10. The van der Waals surface area contributed by atoms with Crippen molar-refractivity contribution in [2.45, 2.75) is 27.2 Å². The minimum atomic E-state index is 0.549. The maximum atomic E-state index is 2.28. The van der Waals surface area contributed by atoms with Crippen LogP contribution >= 0.6 is 0 Å². The second kappa shape index (κ2) is 4.69. The minimum absolute atomic E-state index is 0.549. The molecule has 0 nitrogen and oxygen atoms in total. The first-order valence-electron chi connectivity index (χ1n) is 6.13. The molecule has 0 N–H and O–H groups in total. The highest BCUT2D eigenvalue weighted by atomic mass is 14.2. The Labute approximate surface area is 98.8 Å². The van der Waals surface area contributed by atoms with Crippen LogP contribution in [0.1, 0.15) is 27.2 Å². The van der Waals surface area contributed by atoms with Gasteiger partial charge in [0.1, 0.15) is 0 Å². The molecule has 0 fully saturated rings. The summed E-state index contributed by atoms with van der Waals surface area (Å²) >= 11 is 0. The Morgan fingerprint density at radius 2 is 1.94 bits per heavy atom. The smallest absolute Gasteiger partial charge is 0.00555 e. The lowest BCUT2D eigenvalue weighted by molar-refractivity contribution is 0.748. The van der Waals surface area contributed by atoms with E-state index in [2.05, 4.69) is 63.3 Å². The third-order valence-electron chi connectivity index (χ3n) is 3.28. The first-order valence-corrected chi connectivity index (χ1v) is 6.13. The first kappa shape index (κ1) is 11.2. The van der Waals surface area contributed by atoms with E-state index in [1.807, 2.05) is 0 Å². The monoisotopic (exact) mass is 212 g/mol. The summed E-state index contributed by atoms with van der Waals surface area (Å²) in [5, 5.41) is 0. The molecule has 0 radical (unpaired) electrons. The lowest BCUT2D eigenvalue weighted by Gasteiger charge is -2.08. The van der Waals surface area contributed by atoms with Gasteiger partial charge in [0.05, 0.1) is 0 Å². The highest BCUT2D eigenvalue weighted by Crippen LogP contribution is 2.31. The van der Waals surface area contributed by atoms with Gasteiger partial charge in [-0.2, -0.15) is 0 Å². The van der Waals surface area contributed by atoms with E-state index in [0.29, 0.717) is 11.8 Å². The lowest BCUT2D eigenvalue weighted by Crippen LogP contribution is -1.93. The number of allylic oxidation sites excluding steroid dienone is 10. The average Bonchev–Trinajstić information content (AvgIpc) is 2.63. The molecule has 1 atom stereocenters. The molecule has 0 saturated heterocycles. The van der Waals surface area contributed by atoms with Gasteiger partial charge in [0.25, 0.3) is 0 Å². The zero-order valence-electron chi connectivity index (χ0n) is 10.4. The number of hydrogen-bond donors (Lipinski definition) is 0. The van der Waals surface area contributed by atoms with Crippen LogP contribution in [0.25, 0.3) is 0 Å². The van der Waals surface area contributed by atoms with Crippen LogP contribution in [0.5, 0.6) is 0 Å². The highest BCUT2D eigenvalue weighted by molar-refractivity contribution is 5.50. The number of rotatable bonds is 2. The molecule has 0 aromatic rings. The average molecular weight is 212 g/mol. The van der Waals surface area contributed by atoms with Gasteiger partial charge in [-0.3, -0.25) is 0 Å². The Kier molecular flexibility index (Phi) is 3.28. The molecular weight excluding hydrogens is 192 g/mol. The van der Waals surface area contributed by atoms with Crippen molar-refractivity contribution < 1.29 is 0 Å². The second-order valence-electron chi connectivity index (χ2n) is 4.99. The standard InChI is InChI=1S/C16H20/c1-12(2)15-9-10-16(11-15)14-6-4-5-13(3)7-8-14/h4-10,12-13H,11H2,1-3H3. The topological polar surface area (TPSA) is 0 Å². The Morgan fingerprint density at radius 3 is 2.62 bits per heavy atom. The normalized spacial score (nSPS) is 24.2. The fraction of sp³-hybridized carbons (Fsp3) is 0.375. The molecule has 0 aromatic heterocycles. The van der Waals surface area contributed by atoms with Gasteiger partial charge in [0, 0.05) is 0 Å². The molecule has 2 aliphatic carbocycles. The molecule has 0 spiro atoms. The van der Waals surface area contributed by atoms with Gasteiger partial charge in [-0.15, -0.1) is 0 Å². The summed E-state index contributed by atoms with van der Waals surface area (Å²) in [7, 11) is 0. The molecular formula is C16H20. The van der Waals surface area contributed by atoms with Crippen molar-refractivity contribution in [3.8, 4) is 0 Å². The van der Waals surface area contributed by atoms with Crippen LogP contribution in [0.4, 0.5) is 0 Å². The zero-order valence-corrected chi connectivity index (χ0v) is 10.4. The van der Waals surface area contributed by atoms with Crippen LogP contribution in [0.3, 0.4) is 0 Å². The van der Waals surface area contributed by atoms with Crippen LogP contribution in [-0.4, -0.2) is 0 Å². The molecule has 0 heteroatoms. The first-order chi connectivity index (χ1) is 7.66. The van der Waals surface area contributed by atoms with E-state index >= 15 is 0 Å². The highest BCUT2D eigenvalue weighted by Gasteiger charge is 2.13. The summed E-state index contributed by atoms with van der Waals surface area (Å²) < 4.78 is 0. The van der Waals surface area contributed by atoms with Gasteiger partial charge in [0.2, 0.25) is 0 Å². The fourth-order valence-corrected chi connectivity index (χ4v) is 2.06. The van der Waals surface area contributed by atoms with Gasteiger partial charge in [-0.25, -0.2) is 0 Å². The molecule has 0 aliphatic heterocycles. The Morgan fingerprint density at radius 1 is 1.12 bits per heavy atom. The molecule has 0 heterocycles. The van der Waals surface area contributed by atoms with Crippen molar-refractivity contribution in [1.29, 1.82) is 0 Å². The van der Waals surface area contributed by atoms with Crippen molar-refractivity contribution in [2.24, 2.45) is 11.8 Å². The van der Waals surface area contributed by atoms with E-state index in [0.717, 1.165) is 6.42 Å². The Bertz CT molecular complexity index is 411. The summed E-state index contributed by atoms with van der Waals surface area (Å²) in [6, 6.07) is 0. The van der Waals surface area contributed by atoms with Crippen LogP contribution in [-0.2, 0) is 0 Å². The van der Waals surface area contributed by atoms with Crippen molar-refractivity contribution in [3.05, 3.63) is 59.3 Å². The van der Waals surface area contributed by atoms with Crippen LogP contribution in [0.15, 0.2) is 59.3 Å². The van der Waals surface area contributed by atoms with E-state index in [-0.39, 0.29) is 0 Å². The quantitative estimate of drug-likeness (QED) is 0.628. The largest absolute Gasteiger partial charge is 0.0779 e. The summed E-state index contributed by atoms with van der Waals surface area (Å²) in [5.74, 6) is 1.21. The lowest BCUT2D eigenvalue weighted by atomic mass is 9.96. The molecule has 16 heavy (non-hydrogen) atoms. The van der Waals surface area contributed by atoms with E-state index < -0.39 is 0 Å². The molecule has 84 valence electrons. The van der Waals surface area contributed by atoms with Gasteiger partial charge in [0.15, 0.2) is 0 Å². The summed E-state index contributed by atoms with van der Waals surface area (Å²) in [6.07, 6.45) is 16.8. The van der Waals surface area contributed by atoms with Crippen LogP contribution in [0.2, 0.25) is 0 Å². The van der Waals surface area contributed by atoms with Crippen molar-refractivity contribution >= 4 is 0 Å². The third-order valence-corrected chi connectivity index (χ3v) is 3.28. The van der Waals surface area contributed by atoms with E-state index in [4.69, 9.17) is 0 Å². The predicted octanol–water partition coefficient (Wildman–Crippen LogP) is 4.59. The predicted molar refractivity (Wildman–Crippen MR) is 71.1 cm³/mol. The Hall–Kier alpha value is -1.30. The van der Waals surface area contributed by atoms with E-state index in [1.54, 1.807) is 5.57 Å². The summed E-state index contributed by atoms with van der Waals surface area (Å²) in [5.41, 5.74) is 4.37. The summed E-state index contributed by atoms with van der Waals surface area (Å²) in [4.78, 5) is 0. The van der Waals surface area contributed by atoms with Gasteiger partial charge < -0.3 is 0 Å². The molecule has 0 bridgehead atoms. The summed E-state index contributed by atoms with van der Waals surface area (Å²) in [6.45, 7) is 6.74. The van der Waals surface area contributed by atoms with E-state index in [9.17, 15) is 0 Å². The molecule has 0 amide bonds.